The fourth-order valence-electron chi connectivity index (χ4n) is 2.39. The van der Waals surface area contributed by atoms with Crippen LogP contribution in [0.15, 0.2) is 65.1 Å². The summed E-state index contributed by atoms with van der Waals surface area (Å²) in [6, 6.07) is 17.4. The highest BCUT2D eigenvalue weighted by Gasteiger charge is 2.08. The van der Waals surface area contributed by atoms with E-state index in [9.17, 15) is 4.39 Å². The number of hydrogen-bond acceptors (Lipinski definition) is 2. The Morgan fingerprint density at radius 1 is 0.923 bits per heavy atom. The van der Waals surface area contributed by atoms with Gasteiger partial charge in [-0.2, -0.15) is 0 Å². The lowest BCUT2D eigenvalue weighted by Gasteiger charge is -2.14. The number of nitrogens with one attached hydrogen (secondary N) is 1. The van der Waals surface area contributed by atoms with Crippen LogP contribution in [0, 0.1) is 5.82 Å². The van der Waals surface area contributed by atoms with Gasteiger partial charge in [0, 0.05) is 37.9 Å². The minimum atomic E-state index is -0.262. The Hall–Kier alpha value is -1.75. The zero-order valence-electron chi connectivity index (χ0n) is 13.6. The first-order valence-electron chi connectivity index (χ1n) is 7.86. The molecule has 0 spiro atoms. The molecule has 1 N–H and O–H groups in total. The second-order valence-electron chi connectivity index (χ2n) is 5.64. The van der Waals surface area contributed by atoms with E-state index in [1.807, 2.05) is 24.3 Å². The Labute approximate surface area is 170 Å². The van der Waals surface area contributed by atoms with Gasteiger partial charge in [0.05, 0.1) is 0 Å². The zero-order chi connectivity index (χ0) is 18.5. The van der Waals surface area contributed by atoms with Gasteiger partial charge in [0.2, 0.25) is 0 Å². The number of anilines is 1. The van der Waals surface area contributed by atoms with Crippen molar-refractivity contribution < 1.29 is 9.13 Å². The lowest BCUT2D eigenvalue weighted by atomic mass is 10.2. The first-order valence-corrected chi connectivity index (χ1v) is 9.41. The molecule has 0 heterocycles. The van der Waals surface area contributed by atoms with E-state index >= 15 is 0 Å². The van der Waals surface area contributed by atoms with Gasteiger partial charge >= 0.3 is 0 Å². The van der Waals surface area contributed by atoms with Gasteiger partial charge in [-0.25, -0.2) is 4.39 Å². The quantitative estimate of drug-likeness (QED) is 0.429. The molecule has 0 fully saturated rings. The van der Waals surface area contributed by atoms with Crippen LogP contribution < -0.4 is 10.1 Å². The molecule has 2 nitrogen and oxygen atoms in total. The van der Waals surface area contributed by atoms with Gasteiger partial charge in [-0.15, -0.1) is 0 Å². The number of halogens is 4. The summed E-state index contributed by atoms with van der Waals surface area (Å²) in [5, 5.41) is 4.42. The summed E-state index contributed by atoms with van der Waals surface area (Å²) in [6.45, 7) is 0.871. The van der Waals surface area contributed by atoms with Gasteiger partial charge in [-0.1, -0.05) is 45.2 Å². The molecule has 0 aromatic heterocycles. The molecule has 26 heavy (non-hydrogen) atoms. The second kappa shape index (κ2) is 8.76. The summed E-state index contributed by atoms with van der Waals surface area (Å²) in [5.74, 6) is 0.482. The Morgan fingerprint density at radius 2 is 1.69 bits per heavy atom. The number of ether oxygens (including phenoxy) is 1. The van der Waals surface area contributed by atoms with Crippen LogP contribution in [0.25, 0.3) is 0 Å². The van der Waals surface area contributed by atoms with Crippen LogP contribution in [0.4, 0.5) is 10.1 Å². The lowest BCUT2D eigenvalue weighted by molar-refractivity contribution is 0.303. The summed E-state index contributed by atoms with van der Waals surface area (Å²) >= 11 is 15.6. The molecule has 0 saturated carbocycles. The van der Waals surface area contributed by atoms with Crippen molar-refractivity contribution in [2.75, 3.05) is 5.32 Å². The van der Waals surface area contributed by atoms with Gasteiger partial charge in [0.1, 0.15) is 18.2 Å². The third-order valence-electron chi connectivity index (χ3n) is 3.75. The summed E-state index contributed by atoms with van der Waals surface area (Å²) in [4.78, 5) is 0. The predicted octanol–water partition coefficient (Wildman–Crippen LogP) is 7.09. The van der Waals surface area contributed by atoms with Crippen molar-refractivity contribution in [2.45, 2.75) is 13.2 Å². The molecule has 0 saturated heterocycles. The molecule has 0 aliphatic heterocycles. The Kier molecular flexibility index (Phi) is 6.41. The molecular formula is C20H15BrCl2FNO. The van der Waals surface area contributed by atoms with Crippen LogP contribution in [-0.2, 0) is 13.2 Å². The van der Waals surface area contributed by atoms with Crippen molar-refractivity contribution in [3.63, 3.8) is 0 Å². The fourth-order valence-corrected chi connectivity index (χ4v) is 3.26. The monoisotopic (exact) mass is 453 g/mol. The Bertz CT molecular complexity index is 903. The summed E-state index contributed by atoms with van der Waals surface area (Å²) in [7, 11) is 0. The first kappa shape index (κ1) is 19.0. The largest absolute Gasteiger partial charge is 0.488 e. The molecule has 0 radical (unpaired) electrons. The molecular weight excluding hydrogens is 440 g/mol. The van der Waals surface area contributed by atoms with Crippen LogP contribution in [0.3, 0.4) is 0 Å². The normalized spacial score (nSPS) is 10.6. The number of hydrogen-bond donors (Lipinski definition) is 1. The average Bonchev–Trinajstić information content (AvgIpc) is 2.62. The minimum absolute atomic E-state index is 0.262. The maximum atomic E-state index is 13.0. The van der Waals surface area contributed by atoms with E-state index in [0.29, 0.717) is 23.2 Å². The standard InChI is InChI=1S/C20H15BrCl2FNO/c21-15-2-8-20(26-12-13-1-3-16(22)10-19(13)23)14(9-15)11-25-18-6-4-17(24)5-7-18/h1-10,25H,11-12H2. The topological polar surface area (TPSA) is 21.3 Å². The highest BCUT2D eigenvalue weighted by atomic mass is 79.9. The van der Waals surface area contributed by atoms with E-state index in [1.165, 1.54) is 12.1 Å². The second-order valence-corrected chi connectivity index (χ2v) is 7.40. The SMILES string of the molecule is Fc1ccc(NCc2cc(Br)ccc2OCc2ccc(Cl)cc2Cl)cc1. The predicted molar refractivity (Wildman–Crippen MR) is 109 cm³/mol. The van der Waals surface area contributed by atoms with Crippen molar-refractivity contribution in [1.82, 2.24) is 0 Å². The lowest BCUT2D eigenvalue weighted by Crippen LogP contribution is -2.04. The molecule has 0 unspecified atom stereocenters. The van der Waals surface area contributed by atoms with E-state index < -0.39 is 0 Å². The highest BCUT2D eigenvalue weighted by molar-refractivity contribution is 9.10. The Balaban J connectivity index is 1.71. The third-order valence-corrected chi connectivity index (χ3v) is 4.83. The first-order chi connectivity index (χ1) is 12.5. The third kappa shape index (κ3) is 5.13. The van der Waals surface area contributed by atoms with Gasteiger partial charge in [0.15, 0.2) is 0 Å². The zero-order valence-corrected chi connectivity index (χ0v) is 16.7. The van der Waals surface area contributed by atoms with Crippen LogP contribution in [0.5, 0.6) is 5.75 Å². The molecule has 0 amide bonds. The molecule has 6 heteroatoms. The highest BCUT2D eigenvalue weighted by Crippen LogP contribution is 2.27. The van der Waals surface area contributed by atoms with E-state index in [2.05, 4.69) is 21.2 Å². The van der Waals surface area contributed by atoms with E-state index in [4.69, 9.17) is 27.9 Å². The molecule has 3 aromatic carbocycles. The van der Waals surface area contributed by atoms with Gasteiger partial charge in [-0.3, -0.25) is 0 Å². The van der Waals surface area contributed by atoms with Crippen molar-refractivity contribution in [3.05, 3.63) is 92.1 Å². The van der Waals surface area contributed by atoms with Crippen molar-refractivity contribution in [2.24, 2.45) is 0 Å². The molecule has 3 aromatic rings. The average molecular weight is 455 g/mol. The van der Waals surface area contributed by atoms with Crippen LogP contribution in [0.1, 0.15) is 11.1 Å². The molecule has 0 aliphatic rings. The van der Waals surface area contributed by atoms with Crippen molar-refractivity contribution in [3.8, 4) is 5.75 Å². The molecule has 134 valence electrons. The van der Waals surface area contributed by atoms with Crippen LogP contribution in [0.2, 0.25) is 10.0 Å². The fraction of sp³-hybridized carbons (Fsp3) is 0.100. The van der Waals surface area contributed by atoms with Crippen LogP contribution >= 0.6 is 39.1 Å². The summed E-state index contributed by atoms with van der Waals surface area (Å²) in [6.07, 6.45) is 0. The molecule has 0 aliphatic carbocycles. The smallest absolute Gasteiger partial charge is 0.124 e. The van der Waals surface area contributed by atoms with Crippen LogP contribution in [-0.4, -0.2) is 0 Å². The van der Waals surface area contributed by atoms with Gasteiger partial charge < -0.3 is 10.1 Å². The minimum Gasteiger partial charge on any atom is -0.488 e. The maximum Gasteiger partial charge on any atom is 0.124 e. The van der Waals surface area contributed by atoms with Gasteiger partial charge in [-0.05, 0) is 54.6 Å². The van der Waals surface area contributed by atoms with Crippen molar-refractivity contribution >= 4 is 44.8 Å². The van der Waals surface area contributed by atoms with E-state index in [-0.39, 0.29) is 5.82 Å². The maximum absolute atomic E-state index is 13.0. The number of benzene rings is 3. The molecule has 0 bridgehead atoms. The summed E-state index contributed by atoms with van der Waals surface area (Å²) < 4.78 is 19.9. The van der Waals surface area contributed by atoms with E-state index in [0.717, 1.165) is 27.0 Å². The van der Waals surface area contributed by atoms with Gasteiger partial charge in [0.25, 0.3) is 0 Å². The Morgan fingerprint density at radius 3 is 2.42 bits per heavy atom. The van der Waals surface area contributed by atoms with E-state index in [1.54, 1.807) is 24.3 Å². The van der Waals surface area contributed by atoms with Crippen molar-refractivity contribution in [1.29, 1.82) is 0 Å². The number of rotatable bonds is 6. The molecule has 0 atom stereocenters. The summed E-state index contributed by atoms with van der Waals surface area (Å²) in [5.41, 5.74) is 2.66. The molecule has 3 rings (SSSR count).